The number of aryl methyl sites for hydroxylation is 1. The lowest BCUT2D eigenvalue weighted by atomic mass is 10.2. The summed E-state index contributed by atoms with van der Waals surface area (Å²) in [6, 6.07) is 0. The molecule has 72 valence electrons. The van der Waals surface area contributed by atoms with E-state index in [9.17, 15) is 4.79 Å². The molecule has 0 fully saturated rings. The highest BCUT2D eigenvalue weighted by atomic mass is 16.5. The Morgan fingerprint density at radius 1 is 1.62 bits per heavy atom. The fourth-order valence-corrected chi connectivity index (χ4v) is 1.04. The molecule has 0 atom stereocenters. The molecule has 0 radical (unpaired) electrons. The minimum Gasteiger partial charge on any atom is -0.461 e. The lowest BCUT2D eigenvalue weighted by molar-refractivity contribution is 0.0517. The number of aromatic nitrogens is 1. The van der Waals surface area contributed by atoms with Gasteiger partial charge in [0.1, 0.15) is 5.76 Å². The predicted octanol–water partition coefficient (Wildman–Crippen LogP) is 1.80. The largest absolute Gasteiger partial charge is 0.461 e. The second-order valence-corrected chi connectivity index (χ2v) is 2.59. The Balaban J connectivity index is 2.74. The number of carbonyl (C=O) groups is 1. The highest BCUT2D eigenvalue weighted by Crippen LogP contribution is 2.10. The summed E-state index contributed by atoms with van der Waals surface area (Å²) in [5.74, 6) is 0.209. The van der Waals surface area contributed by atoms with Crippen molar-refractivity contribution in [2.75, 3.05) is 6.61 Å². The highest BCUT2D eigenvalue weighted by molar-refractivity contribution is 5.88. The topological polar surface area (TPSA) is 52.3 Å². The molecule has 13 heavy (non-hydrogen) atoms. The molecule has 0 unspecified atom stereocenters. The molecule has 4 nitrogen and oxygen atoms in total. The third-order valence-corrected chi connectivity index (χ3v) is 1.59. The Kier molecular flexibility index (Phi) is 3.49. The molecule has 1 aromatic heterocycles. The van der Waals surface area contributed by atoms with Gasteiger partial charge in [0.05, 0.1) is 6.61 Å². The van der Waals surface area contributed by atoms with Crippen molar-refractivity contribution in [2.24, 2.45) is 0 Å². The Morgan fingerprint density at radius 3 is 3.00 bits per heavy atom. The van der Waals surface area contributed by atoms with E-state index < -0.39 is 5.97 Å². The van der Waals surface area contributed by atoms with Crippen molar-refractivity contribution in [3.63, 3.8) is 0 Å². The first-order valence-corrected chi connectivity index (χ1v) is 4.39. The van der Waals surface area contributed by atoms with E-state index in [2.05, 4.69) is 4.98 Å². The Morgan fingerprint density at radius 2 is 2.38 bits per heavy atom. The van der Waals surface area contributed by atoms with Crippen LogP contribution in [0, 0.1) is 0 Å². The minimum atomic E-state index is -0.403. The van der Waals surface area contributed by atoms with Gasteiger partial charge >= 0.3 is 5.97 Å². The highest BCUT2D eigenvalue weighted by Gasteiger charge is 2.16. The second kappa shape index (κ2) is 4.64. The summed E-state index contributed by atoms with van der Waals surface area (Å²) in [6.07, 6.45) is 2.91. The van der Waals surface area contributed by atoms with Crippen LogP contribution in [-0.4, -0.2) is 17.6 Å². The Labute approximate surface area is 76.9 Å². The zero-order valence-electron chi connectivity index (χ0n) is 7.87. The number of carbonyl (C=O) groups excluding carboxylic acids is 1. The summed E-state index contributed by atoms with van der Waals surface area (Å²) in [5.41, 5.74) is 0.309. The van der Waals surface area contributed by atoms with Gasteiger partial charge in [-0.25, -0.2) is 9.78 Å². The molecule has 0 amide bonds. The smallest absolute Gasteiger partial charge is 0.360 e. The van der Waals surface area contributed by atoms with Gasteiger partial charge in [0, 0.05) is 6.42 Å². The fourth-order valence-electron chi connectivity index (χ4n) is 1.04. The summed E-state index contributed by atoms with van der Waals surface area (Å²) < 4.78 is 9.87. The molecule has 0 bridgehead atoms. The average molecular weight is 183 g/mol. The standard InChI is InChI=1S/C9H13NO3/c1-3-5-7-8(10-6-13-7)9(11)12-4-2/h6H,3-5H2,1-2H3. The average Bonchev–Trinajstić information content (AvgIpc) is 2.54. The van der Waals surface area contributed by atoms with Gasteiger partial charge in [0.25, 0.3) is 0 Å². The van der Waals surface area contributed by atoms with Crippen molar-refractivity contribution in [3.05, 3.63) is 17.8 Å². The van der Waals surface area contributed by atoms with E-state index in [1.54, 1.807) is 6.92 Å². The van der Waals surface area contributed by atoms with Gasteiger partial charge in [-0.15, -0.1) is 0 Å². The zero-order valence-corrected chi connectivity index (χ0v) is 7.87. The SMILES string of the molecule is CCCc1ocnc1C(=O)OCC. The molecule has 1 aromatic rings. The lowest BCUT2D eigenvalue weighted by Crippen LogP contribution is -2.07. The van der Waals surface area contributed by atoms with Crippen LogP contribution in [0.3, 0.4) is 0 Å². The molecule has 1 heterocycles. The van der Waals surface area contributed by atoms with Gasteiger partial charge in [-0.3, -0.25) is 0 Å². The first-order chi connectivity index (χ1) is 6.29. The zero-order chi connectivity index (χ0) is 9.68. The van der Waals surface area contributed by atoms with Crippen molar-refractivity contribution in [1.29, 1.82) is 0 Å². The molecular formula is C9H13NO3. The summed E-state index contributed by atoms with van der Waals surface area (Å²) >= 11 is 0. The molecule has 0 saturated carbocycles. The van der Waals surface area contributed by atoms with Crippen LogP contribution in [0.2, 0.25) is 0 Å². The summed E-state index contributed by atoms with van der Waals surface area (Å²) in [7, 11) is 0. The second-order valence-electron chi connectivity index (χ2n) is 2.59. The number of nitrogens with zero attached hydrogens (tertiary/aromatic N) is 1. The van der Waals surface area contributed by atoms with Crippen molar-refractivity contribution < 1.29 is 13.9 Å². The van der Waals surface area contributed by atoms with E-state index in [-0.39, 0.29) is 0 Å². The molecule has 0 aliphatic heterocycles. The van der Waals surface area contributed by atoms with Gasteiger partial charge in [-0.1, -0.05) is 6.92 Å². The van der Waals surface area contributed by atoms with Gasteiger partial charge in [-0.2, -0.15) is 0 Å². The molecule has 0 saturated heterocycles. The number of hydrogen-bond acceptors (Lipinski definition) is 4. The molecule has 1 rings (SSSR count). The van der Waals surface area contributed by atoms with Crippen molar-refractivity contribution in [3.8, 4) is 0 Å². The Hall–Kier alpha value is -1.32. The minimum absolute atomic E-state index is 0.309. The molecular weight excluding hydrogens is 170 g/mol. The van der Waals surface area contributed by atoms with Crippen LogP contribution in [0.25, 0.3) is 0 Å². The number of esters is 1. The molecule has 0 aliphatic rings. The maximum Gasteiger partial charge on any atom is 0.360 e. The summed E-state index contributed by atoms with van der Waals surface area (Å²) in [5, 5.41) is 0. The Bertz CT molecular complexity index is 280. The van der Waals surface area contributed by atoms with Crippen molar-refractivity contribution in [1.82, 2.24) is 4.98 Å². The predicted molar refractivity (Wildman–Crippen MR) is 46.5 cm³/mol. The van der Waals surface area contributed by atoms with E-state index in [4.69, 9.17) is 9.15 Å². The van der Waals surface area contributed by atoms with Gasteiger partial charge < -0.3 is 9.15 Å². The van der Waals surface area contributed by atoms with E-state index >= 15 is 0 Å². The number of hydrogen-bond donors (Lipinski definition) is 0. The lowest BCUT2D eigenvalue weighted by Gasteiger charge is -1.99. The van der Waals surface area contributed by atoms with Crippen molar-refractivity contribution in [2.45, 2.75) is 26.7 Å². The maximum absolute atomic E-state index is 11.3. The van der Waals surface area contributed by atoms with E-state index in [1.807, 2.05) is 6.92 Å². The van der Waals surface area contributed by atoms with E-state index in [0.29, 0.717) is 24.5 Å². The molecule has 0 aromatic carbocycles. The summed E-state index contributed by atoms with van der Waals surface area (Å²) in [6.45, 7) is 4.13. The van der Waals surface area contributed by atoms with Crippen LogP contribution < -0.4 is 0 Å². The number of rotatable bonds is 4. The monoisotopic (exact) mass is 183 g/mol. The van der Waals surface area contributed by atoms with Crippen LogP contribution in [-0.2, 0) is 11.2 Å². The first-order valence-electron chi connectivity index (χ1n) is 4.39. The van der Waals surface area contributed by atoms with Crippen LogP contribution in [0.15, 0.2) is 10.8 Å². The normalized spacial score (nSPS) is 10.0. The molecule has 0 N–H and O–H groups in total. The maximum atomic E-state index is 11.3. The number of oxazole rings is 1. The van der Waals surface area contributed by atoms with Crippen LogP contribution in [0.5, 0.6) is 0 Å². The quantitative estimate of drug-likeness (QED) is 0.668. The van der Waals surface area contributed by atoms with Gasteiger partial charge in [0.2, 0.25) is 0 Å². The molecule has 4 heteroatoms. The fraction of sp³-hybridized carbons (Fsp3) is 0.556. The van der Waals surface area contributed by atoms with Gasteiger partial charge in [0.15, 0.2) is 12.1 Å². The van der Waals surface area contributed by atoms with E-state index in [1.165, 1.54) is 6.39 Å². The first kappa shape index (κ1) is 9.77. The van der Waals surface area contributed by atoms with Crippen LogP contribution in [0.1, 0.15) is 36.5 Å². The molecule has 0 aliphatic carbocycles. The van der Waals surface area contributed by atoms with Crippen LogP contribution >= 0.6 is 0 Å². The third-order valence-electron chi connectivity index (χ3n) is 1.59. The van der Waals surface area contributed by atoms with E-state index in [0.717, 1.165) is 6.42 Å². The summed E-state index contributed by atoms with van der Waals surface area (Å²) in [4.78, 5) is 15.1. The van der Waals surface area contributed by atoms with Gasteiger partial charge in [-0.05, 0) is 13.3 Å². The number of ether oxygens (including phenoxy) is 1. The van der Waals surface area contributed by atoms with Crippen molar-refractivity contribution >= 4 is 5.97 Å². The third kappa shape index (κ3) is 2.31. The van der Waals surface area contributed by atoms with Crippen LogP contribution in [0.4, 0.5) is 0 Å². The molecule has 0 spiro atoms.